The molecule has 0 radical (unpaired) electrons. The highest BCUT2D eigenvalue weighted by Gasteiger charge is 2.61. The molecule has 0 bridgehead atoms. The van der Waals surface area contributed by atoms with E-state index < -0.39 is 27.5 Å². The molecule has 1 fully saturated rings. The van der Waals surface area contributed by atoms with Crippen molar-refractivity contribution in [3.05, 3.63) is 80.8 Å². The van der Waals surface area contributed by atoms with Crippen LogP contribution in [0.3, 0.4) is 0 Å². The third-order valence-electron chi connectivity index (χ3n) is 8.26. The number of benzene rings is 3. The van der Waals surface area contributed by atoms with Crippen LogP contribution in [-0.4, -0.2) is 70.9 Å². The molecule has 0 aliphatic carbocycles. The highest BCUT2D eigenvalue weighted by molar-refractivity contribution is 7.93. The van der Waals surface area contributed by atoms with Crippen LogP contribution in [0.4, 0.5) is 5.69 Å². The van der Waals surface area contributed by atoms with Gasteiger partial charge in [0.2, 0.25) is 5.91 Å². The highest BCUT2D eigenvalue weighted by atomic mass is 35.5. The lowest BCUT2D eigenvalue weighted by atomic mass is 9.78. The van der Waals surface area contributed by atoms with E-state index in [2.05, 4.69) is 0 Å². The second-order valence-electron chi connectivity index (χ2n) is 10.9. The van der Waals surface area contributed by atoms with Crippen LogP contribution in [0.25, 0.3) is 0 Å². The fourth-order valence-corrected chi connectivity index (χ4v) is 8.36. The number of sulfonamides is 1. The quantitative estimate of drug-likeness (QED) is 0.289. The smallest absolute Gasteiger partial charge is 0.274 e. The first-order chi connectivity index (χ1) is 20.9. The molecule has 1 unspecified atom stereocenters. The van der Waals surface area contributed by atoms with Gasteiger partial charge in [-0.2, -0.15) is 0 Å². The van der Waals surface area contributed by atoms with Crippen LogP contribution in [0.5, 0.6) is 11.5 Å². The number of carbonyl (C=O) groups is 2. The first kappa shape index (κ1) is 32.4. The number of anilines is 1. The number of nitrogens with zero attached hydrogens (tertiary/aromatic N) is 3. The molecule has 0 saturated carbocycles. The molecule has 3 aromatic rings. The highest BCUT2D eigenvalue weighted by Crippen LogP contribution is 2.55. The zero-order valence-electron chi connectivity index (χ0n) is 24.6. The number of piperidine rings is 1. The van der Waals surface area contributed by atoms with Crippen LogP contribution in [0, 0.1) is 0 Å². The van der Waals surface area contributed by atoms with Crippen LogP contribution in [-0.2, 0) is 25.2 Å². The molecule has 1 saturated heterocycles. The summed E-state index contributed by atoms with van der Waals surface area (Å²) in [5, 5.41) is 0.448. The number of halogens is 3. The molecule has 9 nitrogen and oxygen atoms in total. The number of hydrogen-bond acceptors (Lipinski definition) is 7. The maximum Gasteiger partial charge on any atom is 0.274 e. The van der Waals surface area contributed by atoms with Crippen LogP contribution in [0.2, 0.25) is 15.1 Å². The second kappa shape index (κ2) is 12.4. The first-order valence-electron chi connectivity index (χ1n) is 13.9. The second-order valence-corrected chi connectivity index (χ2v) is 13.9. The van der Waals surface area contributed by atoms with E-state index in [0.29, 0.717) is 36.3 Å². The molecule has 2 heterocycles. The van der Waals surface area contributed by atoms with Crippen molar-refractivity contribution in [2.24, 2.45) is 0 Å². The van der Waals surface area contributed by atoms with Crippen molar-refractivity contribution in [2.45, 2.75) is 42.2 Å². The van der Waals surface area contributed by atoms with Crippen LogP contribution < -0.4 is 13.8 Å². The minimum atomic E-state index is -4.63. The number of ether oxygens (including phenoxy) is 2. The van der Waals surface area contributed by atoms with Gasteiger partial charge in [-0.05, 0) is 43.2 Å². The maximum atomic E-state index is 15.3. The molecule has 0 aromatic heterocycles. The number of amides is 2. The van der Waals surface area contributed by atoms with Crippen LogP contribution in [0.15, 0.2) is 59.5 Å². The summed E-state index contributed by atoms with van der Waals surface area (Å²) in [6.07, 6.45) is 2.26. The van der Waals surface area contributed by atoms with E-state index in [-0.39, 0.29) is 43.7 Å². The van der Waals surface area contributed by atoms with E-state index in [0.717, 1.165) is 10.7 Å². The van der Waals surface area contributed by atoms with E-state index in [9.17, 15) is 13.2 Å². The van der Waals surface area contributed by atoms with Gasteiger partial charge in [-0.25, -0.2) is 12.7 Å². The lowest BCUT2D eigenvalue weighted by Gasteiger charge is -2.47. The Labute approximate surface area is 272 Å². The van der Waals surface area contributed by atoms with E-state index in [1.807, 2.05) is 4.90 Å². The zero-order chi connectivity index (χ0) is 32.0. The summed E-state index contributed by atoms with van der Waals surface area (Å²) in [5.74, 6) is -0.554. The van der Waals surface area contributed by atoms with Crippen LogP contribution >= 0.6 is 34.8 Å². The number of rotatable bonds is 8. The molecule has 234 valence electrons. The average Bonchev–Trinajstić information content (AvgIpc) is 3.25. The Hall–Kier alpha value is -3.02. The topological polar surface area (TPSA) is 96.5 Å². The van der Waals surface area contributed by atoms with E-state index in [1.165, 1.54) is 49.5 Å². The number of methoxy groups -OCH3 is 2. The summed E-state index contributed by atoms with van der Waals surface area (Å²) in [6, 6.07) is 13.5. The van der Waals surface area contributed by atoms with Gasteiger partial charge >= 0.3 is 0 Å². The molecule has 2 aliphatic heterocycles. The Morgan fingerprint density at radius 2 is 1.66 bits per heavy atom. The van der Waals surface area contributed by atoms with Crippen molar-refractivity contribution in [3.63, 3.8) is 0 Å². The molecule has 0 spiro atoms. The van der Waals surface area contributed by atoms with Gasteiger partial charge in [-0.3, -0.25) is 14.5 Å². The third-order valence-corrected chi connectivity index (χ3v) is 11.0. The summed E-state index contributed by atoms with van der Waals surface area (Å²) < 4.78 is 40.7. The Morgan fingerprint density at radius 1 is 0.955 bits per heavy atom. The number of fused-ring (bicyclic) bond motifs is 1. The molecule has 44 heavy (non-hydrogen) atoms. The lowest BCUT2D eigenvalue weighted by molar-refractivity contribution is -0.135. The molecule has 13 heteroatoms. The molecule has 5 rings (SSSR count). The van der Waals surface area contributed by atoms with Gasteiger partial charge in [0, 0.05) is 55.3 Å². The minimum Gasteiger partial charge on any atom is -0.497 e. The molecule has 2 amide bonds. The molecule has 0 N–H and O–H groups in total. The summed E-state index contributed by atoms with van der Waals surface area (Å²) in [7, 11) is 1.50. The Morgan fingerprint density at radius 3 is 2.32 bits per heavy atom. The Kier molecular flexibility index (Phi) is 9.13. The first-order valence-corrected chi connectivity index (χ1v) is 16.5. The van der Waals surface area contributed by atoms with Crippen LogP contribution in [0.1, 0.15) is 36.8 Å². The molecule has 2 aliphatic rings. The number of carbonyl (C=O) groups excluding carboxylic acids is 2. The number of hydrogen-bond donors (Lipinski definition) is 0. The van der Waals surface area contributed by atoms with Gasteiger partial charge in [0.25, 0.3) is 15.9 Å². The summed E-state index contributed by atoms with van der Waals surface area (Å²) in [6.45, 7) is 0.391. The van der Waals surface area contributed by atoms with Gasteiger partial charge in [-0.1, -0.05) is 59.4 Å². The maximum absolute atomic E-state index is 15.3. The van der Waals surface area contributed by atoms with Gasteiger partial charge in [0.15, 0.2) is 5.54 Å². The van der Waals surface area contributed by atoms with Crippen molar-refractivity contribution in [1.82, 2.24) is 9.80 Å². The summed E-state index contributed by atoms with van der Waals surface area (Å²) in [4.78, 5) is 31.5. The largest absolute Gasteiger partial charge is 0.497 e. The third kappa shape index (κ3) is 5.20. The van der Waals surface area contributed by atoms with Crippen molar-refractivity contribution in [2.75, 3.05) is 39.2 Å². The zero-order valence-corrected chi connectivity index (χ0v) is 27.7. The van der Waals surface area contributed by atoms with Crippen molar-refractivity contribution >= 4 is 62.3 Å². The number of likely N-dealkylation sites (tertiary alicyclic amines) is 1. The predicted octanol–water partition coefficient (Wildman–Crippen LogP) is 5.98. The standard InChI is InChI=1S/C31H32Cl3N3O6S/c1-35(2)29(38)15-19-9-7-8-14-36(19)31(21-10-5-6-11-23(21)32)22-17-24(33)25(34)18-26(22)37(30(31)39)44(40,41)28-13-12-20(42-3)16-27(28)43-4/h5-6,10-13,16-19H,7-9,14-15H2,1-4H3/t19-,31?/m0/s1. The lowest BCUT2D eigenvalue weighted by Crippen LogP contribution is -2.60. The SMILES string of the molecule is COc1ccc(S(=O)(=O)N2C(=O)C(c3ccccc3Cl)(N3CCCC[C@H]3CC(=O)N(C)C)c3cc(Cl)c(Cl)cc32)c(OC)c1. The Bertz CT molecular complexity index is 1730. The molecular weight excluding hydrogens is 649 g/mol. The van der Waals surface area contributed by atoms with Gasteiger partial charge in [0.1, 0.15) is 16.4 Å². The predicted molar refractivity (Wildman–Crippen MR) is 171 cm³/mol. The molecule has 3 aromatic carbocycles. The Balaban J connectivity index is 1.84. The minimum absolute atomic E-state index is 0.0126. The van der Waals surface area contributed by atoms with E-state index >= 15 is 4.79 Å². The summed E-state index contributed by atoms with van der Waals surface area (Å²) >= 11 is 20.0. The fraction of sp³-hybridized carbons (Fsp3) is 0.355. The van der Waals surface area contributed by atoms with Crippen molar-refractivity contribution < 1.29 is 27.5 Å². The van der Waals surface area contributed by atoms with Crippen molar-refractivity contribution in [1.29, 1.82) is 0 Å². The molecule has 2 atom stereocenters. The monoisotopic (exact) mass is 679 g/mol. The fourth-order valence-electron chi connectivity index (χ4n) is 6.18. The average molecular weight is 681 g/mol. The normalized spacial score (nSPS) is 20.4. The van der Waals surface area contributed by atoms with Gasteiger partial charge < -0.3 is 14.4 Å². The van der Waals surface area contributed by atoms with Crippen molar-refractivity contribution in [3.8, 4) is 11.5 Å². The van der Waals surface area contributed by atoms with E-state index in [4.69, 9.17) is 44.3 Å². The van der Waals surface area contributed by atoms with Gasteiger partial charge in [0.05, 0.1) is 30.0 Å². The molecular formula is C31H32Cl3N3O6S. The summed E-state index contributed by atoms with van der Waals surface area (Å²) in [5.41, 5.74) is -1.06. The van der Waals surface area contributed by atoms with Gasteiger partial charge in [-0.15, -0.1) is 0 Å². The van der Waals surface area contributed by atoms with E-state index in [1.54, 1.807) is 38.4 Å².